The van der Waals surface area contributed by atoms with E-state index in [0.717, 1.165) is 41.8 Å². The Bertz CT molecular complexity index is 982. The van der Waals surface area contributed by atoms with Crippen LogP contribution in [-0.4, -0.2) is 22.8 Å². The van der Waals surface area contributed by atoms with Crippen LogP contribution in [0.25, 0.3) is 0 Å². The molecule has 3 aromatic rings. The number of halogens is 1. The van der Waals surface area contributed by atoms with Gasteiger partial charge in [0, 0.05) is 22.4 Å². The van der Waals surface area contributed by atoms with Crippen molar-refractivity contribution < 1.29 is 13.9 Å². The fraction of sp³-hybridized carbons (Fsp3) is 0.273. The molecule has 0 saturated heterocycles. The summed E-state index contributed by atoms with van der Waals surface area (Å²) in [5.74, 6) is 0.285. The number of fused-ring (bicyclic) bond motifs is 1. The SMILES string of the molecule is COc1ccccc1Cn1ncc2c1CCC[C@H]2NC(=O)c1ccc(F)cc1. The third-order valence-electron chi connectivity index (χ3n) is 5.19. The number of methoxy groups -OCH3 is 1. The van der Waals surface area contributed by atoms with Gasteiger partial charge in [-0.25, -0.2) is 4.39 Å². The summed E-state index contributed by atoms with van der Waals surface area (Å²) in [6.07, 6.45) is 4.60. The highest BCUT2D eigenvalue weighted by Crippen LogP contribution is 2.31. The molecular weight excluding hydrogens is 357 g/mol. The van der Waals surface area contributed by atoms with Gasteiger partial charge in [-0.1, -0.05) is 18.2 Å². The number of amides is 1. The van der Waals surface area contributed by atoms with Gasteiger partial charge in [-0.05, 0) is 49.6 Å². The highest BCUT2D eigenvalue weighted by atomic mass is 19.1. The molecule has 5 nitrogen and oxygen atoms in total. The monoisotopic (exact) mass is 379 g/mol. The molecule has 1 aromatic heterocycles. The zero-order valence-electron chi connectivity index (χ0n) is 15.7. The molecule has 2 aromatic carbocycles. The van der Waals surface area contributed by atoms with Crippen molar-refractivity contribution in [3.8, 4) is 5.75 Å². The summed E-state index contributed by atoms with van der Waals surface area (Å²) in [5.41, 5.74) is 3.71. The van der Waals surface area contributed by atoms with Crippen molar-refractivity contribution in [3.05, 3.63) is 82.9 Å². The first kappa shape index (κ1) is 18.2. The smallest absolute Gasteiger partial charge is 0.251 e. The van der Waals surface area contributed by atoms with Gasteiger partial charge in [0.1, 0.15) is 11.6 Å². The van der Waals surface area contributed by atoms with Crippen LogP contribution in [0.15, 0.2) is 54.7 Å². The van der Waals surface area contributed by atoms with E-state index in [-0.39, 0.29) is 17.8 Å². The van der Waals surface area contributed by atoms with Crippen molar-refractivity contribution in [1.29, 1.82) is 0 Å². The maximum atomic E-state index is 13.1. The molecule has 1 aliphatic rings. The number of rotatable bonds is 5. The number of benzene rings is 2. The Morgan fingerprint density at radius 1 is 1.25 bits per heavy atom. The second kappa shape index (κ2) is 7.84. The van der Waals surface area contributed by atoms with Crippen molar-refractivity contribution >= 4 is 5.91 Å². The minimum Gasteiger partial charge on any atom is -0.496 e. The summed E-state index contributed by atoms with van der Waals surface area (Å²) in [4.78, 5) is 12.5. The third-order valence-corrected chi connectivity index (χ3v) is 5.19. The maximum Gasteiger partial charge on any atom is 0.251 e. The lowest BCUT2D eigenvalue weighted by Crippen LogP contribution is -2.31. The second-order valence-electron chi connectivity index (χ2n) is 6.94. The molecule has 28 heavy (non-hydrogen) atoms. The molecule has 6 heteroatoms. The maximum absolute atomic E-state index is 13.1. The first-order valence-corrected chi connectivity index (χ1v) is 9.38. The van der Waals surface area contributed by atoms with Gasteiger partial charge in [0.2, 0.25) is 0 Å². The fourth-order valence-corrected chi connectivity index (χ4v) is 3.74. The molecule has 1 heterocycles. The molecule has 0 unspecified atom stereocenters. The van der Waals surface area contributed by atoms with Crippen LogP contribution in [0.2, 0.25) is 0 Å². The van der Waals surface area contributed by atoms with Gasteiger partial charge in [0.05, 0.1) is 25.9 Å². The Morgan fingerprint density at radius 3 is 2.82 bits per heavy atom. The zero-order valence-corrected chi connectivity index (χ0v) is 15.7. The summed E-state index contributed by atoms with van der Waals surface area (Å²) in [6, 6.07) is 13.4. The highest BCUT2D eigenvalue weighted by Gasteiger charge is 2.26. The van der Waals surface area contributed by atoms with Crippen LogP contribution in [0.4, 0.5) is 4.39 Å². The number of carbonyl (C=O) groups excluding carboxylic acids is 1. The molecule has 0 radical (unpaired) electrons. The lowest BCUT2D eigenvalue weighted by Gasteiger charge is -2.24. The molecule has 0 saturated carbocycles. The summed E-state index contributed by atoms with van der Waals surface area (Å²) >= 11 is 0. The van der Waals surface area contributed by atoms with Crippen LogP contribution in [0.5, 0.6) is 5.75 Å². The predicted octanol–water partition coefficient (Wildman–Crippen LogP) is 3.89. The van der Waals surface area contributed by atoms with Gasteiger partial charge in [0.15, 0.2) is 0 Å². The van der Waals surface area contributed by atoms with Crippen LogP contribution in [0.1, 0.15) is 46.1 Å². The van der Waals surface area contributed by atoms with Crippen molar-refractivity contribution in [2.24, 2.45) is 0 Å². The molecule has 1 atom stereocenters. The van der Waals surface area contributed by atoms with Crippen molar-refractivity contribution in [2.45, 2.75) is 31.8 Å². The quantitative estimate of drug-likeness (QED) is 0.732. The minimum absolute atomic E-state index is 0.0901. The van der Waals surface area contributed by atoms with Crippen LogP contribution >= 0.6 is 0 Å². The number of nitrogens with zero attached hydrogens (tertiary/aromatic N) is 2. The number of hydrogen-bond donors (Lipinski definition) is 1. The molecular formula is C22H22FN3O2. The average molecular weight is 379 g/mol. The Balaban J connectivity index is 1.54. The molecule has 0 fully saturated rings. The zero-order chi connectivity index (χ0) is 19.5. The molecule has 0 spiro atoms. The van der Waals surface area contributed by atoms with E-state index in [1.54, 1.807) is 7.11 Å². The summed E-state index contributed by atoms with van der Waals surface area (Å²) in [6.45, 7) is 0.623. The van der Waals surface area contributed by atoms with Crippen LogP contribution in [-0.2, 0) is 13.0 Å². The summed E-state index contributed by atoms with van der Waals surface area (Å²) < 4.78 is 20.5. The molecule has 1 amide bonds. The Morgan fingerprint density at radius 2 is 2.04 bits per heavy atom. The van der Waals surface area contributed by atoms with Gasteiger partial charge >= 0.3 is 0 Å². The topological polar surface area (TPSA) is 56.1 Å². The number of ether oxygens (including phenoxy) is 1. The molecule has 0 aliphatic heterocycles. The highest BCUT2D eigenvalue weighted by molar-refractivity contribution is 5.94. The number of hydrogen-bond acceptors (Lipinski definition) is 3. The van der Waals surface area contributed by atoms with E-state index in [9.17, 15) is 9.18 Å². The Hall–Kier alpha value is -3.15. The second-order valence-corrected chi connectivity index (χ2v) is 6.94. The van der Waals surface area contributed by atoms with Crippen molar-refractivity contribution in [3.63, 3.8) is 0 Å². The van der Waals surface area contributed by atoms with E-state index in [2.05, 4.69) is 10.4 Å². The molecule has 1 N–H and O–H groups in total. The van der Waals surface area contributed by atoms with E-state index in [4.69, 9.17) is 4.74 Å². The number of nitrogens with one attached hydrogen (secondary N) is 1. The standard InChI is InChI=1S/C22H22FN3O2/c1-28-21-8-3-2-5-16(21)14-26-20-7-4-6-19(18(20)13-24-26)25-22(27)15-9-11-17(23)12-10-15/h2-3,5,8-13,19H,4,6-7,14H2,1H3,(H,25,27)/t19-/m1/s1. The number of para-hydroxylation sites is 1. The van der Waals surface area contributed by atoms with Crippen molar-refractivity contribution in [2.75, 3.05) is 7.11 Å². The molecule has 0 bridgehead atoms. The Kier molecular flexibility index (Phi) is 5.10. The van der Waals surface area contributed by atoms with Crippen molar-refractivity contribution in [1.82, 2.24) is 15.1 Å². The lowest BCUT2D eigenvalue weighted by molar-refractivity contribution is 0.0932. The van der Waals surface area contributed by atoms with Crippen LogP contribution in [0.3, 0.4) is 0 Å². The van der Waals surface area contributed by atoms with Crippen LogP contribution < -0.4 is 10.1 Å². The third kappa shape index (κ3) is 3.63. The number of aromatic nitrogens is 2. The van der Waals surface area contributed by atoms with E-state index < -0.39 is 0 Å². The fourth-order valence-electron chi connectivity index (χ4n) is 3.74. The van der Waals surface area contributed by atoms with Gasteiger partial charge in [-0.3, -0.25) is 9.48 Å². The van der Waals surface area contributed by atoms with E-state index in [0.29, 0.717) is 12.1 Å². The van der Waals surface area contributed by atoms with Gasteiger partial charge in [-0.15, -0.1) is 0 Å². The van der Waals surface area contributed by atoms with Gasteiger partial charge in [-0.2, -0.15) is 5.10 Å². The predicted molar refractivity (Wildman–Crippen MR) is 104 cm³/mol. The summed E-state index contributed by atoms with van der Waals surface area (Å²) in [5, 5.41) is 7.64. The normalized spacial score (nSPS) is 15.7. The number of carbonyl (C=O) groups is 1. The lowest BCUT2D eigenvalue weighted by atomic mass is 9.92. The molecule has 1 aliphatic carbocycles. The summed E-state index contributed by atoms with van der Waals surface area (Å²) in [7, 11) is 1.67. The van der Waals surface area contributed by atoms with Gasteiger partial charge in [0.25, 0.3) is 5.91 Å². The average Bonchev–Trinajstić information content (AvgIpc) is 3.13. The van der Waals surface area contributed by atoms with E-state index in [1.165, 1.54) is 24.3 Å². The van der Waals surface area contributed by atoms with Gasteiger partial charge < -0.3 is 10.1 Å². The molecule has 4 rings (SSSR count). The van der Waals surface area contributed by atoms with Crippen LogP contribution in [0, 0.1) is 5.82 Å². The Labute approximate surface area is 163 Å². The largest absolute Gasteiger partial charge is 0.496 e. The molecule has 144 valence electrons. The first-order chi connectivity index (χ1) is 13.7. The van der Waals surface area contributed by atoms with E-state index in [1.807, 2.05) is 35.1 Å². The van der Waals surface area contributed by atoms with E-state index >= 15 is 0 Å². The minimum atomic E-state index is -0.353. The first-order valence-electron chi connectivity index (χ1n) is 9.38.